The molecule has 0 aromatic rings. The topological polar surface area (TPSA) is 58.6 Å². The van der Waals surface area contributed by atoms with Crippen molar-refractivity contribution in [2.75, 3.05) is 59.4 Å². The third-order valence-electron chi connectivity index (χ3n) is 3.89. The number of halogens is 2. The number of hydrogen-bond acceptors (Lipinski definition) is 8. The molecule has 0 bridgehead atoms. The van der Waals surface area contributed by atoms with Gasteiger partial charge in [-0.2, -0.15) is 0 Å². The minimum atomic E-state index is -0.162. The van der Waals surface area contributed by atoms with E-state index in [4.69, 9.17) is 14.2 Å². The molecular formula is C16H28ClIN4O3S. The molecule has 0 saturated carbocycles. The van der Waals surface area contributed by atoms with Gasteiger partial charge < -0.3 is 24.4 Å². The lowest BCUT2D eigenvalue weighted by molar-refractivity contribution is -0.0143. The highest BCUT2D eigenvalue weighted by molar-refractivity contribution is 14.0. The summed E-state index contributed by atoms with van der Waals surface area (Å²) in [6.07, 6.45) is 5.54. The number of nitrogens with one attached hydrogen (secondary N) is 1. The van der Waals surface area contributed by atoms with E-state index in [1.807, 2.05) is 29.9 Å². The fraction of sp³-hybridized carbons (Fsp3) is 0.688. The highest BCUT2D eigenvalue weighted by Crippen LogP contribution is 2.27. The van der Waals surface area contributed by atoms with E-state index in [0.29, 0.717) is 18.6 Å². The summed E-state index contributed by atoms with van der Waals surface area (Å²) in [4.78, 5) is 8.31. The van der Waals surface area contributed by atoms with Crippen LogP contribution in [0.3, 0.4) is 0 Å². The molecule has 150 valence electrons. The largest absolute Gasteiger partial charge is 0.378 e. The summed E-state index contributed by atoms with van der Waals surface area (Å²) in [5, 5.41) is 3.23. The molecule has 0 radical (unpaired) electrons. The van der Waals surface area contributed by atoms with Crippen molar-refractivity contribution >= 4 is 54.5 Å². The maximum atomic E-state index is 5.57. The number of rotatable bonds is 2. The van der Waals surface area contributed by atoms with Crippen LogP contribution < -0.4 is 5.32 Å². The summed E-state index contributed by atoms with van der Waals surface area (Å²) in [5.41, 5.74) is 2.77. The number of thioether (sulfide) groups is 1. The number of aliphatic imine (C=N–C) groups is 1. The lowest BCUT2D eigenvalue weighted by Gasteiger charge is -2.26. The van der Waals surface area contributed by atoms with Gasteiger partial charge in [-0.25, -0.2) is 4.99 Å². The molecule has 4 aliphatic rings. The van der Waals surface area contributed by atoms with Gasteiger partial charge in [-0.15, -0.1) is 48.1 Å². The molecule has 2 fully saturated rings. The Morgan fingerprint density at radius 3 is 2.50 bits per heavy atom. The molecule has 2 saturated heterocycles. The number of nitrogens with zero attached hydrogens (tertiary/aromatic N) is 3. The van der Waals surface area contributed by atoms with Crippen LogP contribution in [0.4, 0.5) is 0 Å². The fourth-order valence-electron chi connectivity index (χ4n) is 2.78. The Bertz CT molecular complexity index is 512. The second-order valence-corrected chi connectivity index (χ2v) is 7.30. The smallest absolute Gasteiger partial charge is 0.183 e. The Hall–Kier alpha value is -0.0400. The first-order valence-corrected chi connectivity index (χ1v) is 9.27. The van der Waals surface area contributed by atoms with E-state index in [0.717, 1.165) is 37.7 Å². The van der Waals surface area contributed by atoms with Crippen LogP contribution in [0.25, 0.3) is 0 Å². The Kier molecular flexibility index (Phi) is 11.5. The second kappa shape index (κ2) is 12.4. The Labute approximate surface area is 183 Å². The van der Waals surface area contributed by atoms with Crippen molar-refractivity contribution in [3.8, 4) is 0 Å². The van der Waals surface area contributed by atoms with Gasteiger partial charge in [0, 0.05) is 43.9 Å². The van der Waals surface area contributed by atoms with Gasteiger partial charge in [0.25, 0.3) is 0 Å². The SMILES string of the molecule is CN1C=NC=C(C2OCCO2)C1.CN1CNC=C(C2OCCS2)C1.Cl.I. The fourth-order valence-corrected chi connectivity index (χ4v) is 3.74. The Morgan fingerprint density at radius 2 is 1.88 bits per heavy atom. The van der Waals surface area contributed by atoms with Crippen molar-refractivity contribution in [2.24, 2.45) is 4.99 Å². The van der Waals surface area contributed by atoms with Gasteiger partial charge in [-0.3, -0.25) is 4.90 Å². The average molecular weight is 519 g/mol. The molecule has 0 amide bonds. The average Bonchev–Trinajstić information content (AvgIpc) is 3.29. The lowest BCUT2D eigenvalue weighted by atomic mass is 10.2. The van der Waals surface area contributed by atoms with Gasteiger partial charge in [0.15, 0.2) is 6.29 Å². The quantitative estimate of drug-likeness (QED) is 0.559. The zero-order valence-corrected chi connectivity index (χ0v) is 19.1. The highest BCUT2D eigenvalue weighted by Gasteiger charge is 2.23. The van der Waals surface area contributed by atoms with Crippen molar-refractivity contribution in [1.82, 2.24) is 15.1 Å². The first kappa shape index (κ1) is 24.0. The standard InChI is InChI=1S/C8H12N2O2.C8H14N2OS.ClH.HI/c2*1-10-5-7(4-9-6-10)8-11-2-3-12-8;;/h4,6,8H,2-3,5H2,1H3;4,8-9H,2-3,5-6H2,1H3;2*1H. The molecule has 26 heavy (non-hydrogen) atoms. The minimum Gasteiger partial charge on any atom is -0.378 e. The molecular weight excluding hydrogens is 491 g/mol. The molecule has 1 N–H and O–H groups in total. The first-order valence-electron chi connectivity index (χ1n) is 8.22. The molecule has 4 heterocycles. The van der Waals surface area contributed by atoms with Gasteiger partial charge in [0.2, 0.25) is 0 Å². The van der Waals surface area contributed by atoms with Crippen molar-refractivity contribution in [3.05, 3.63) is 23.5 Å². The second-order valence-electron chi connectivity index (χ2n) is 6.13. The maximum Gasteiger partial charge on any atom is 0.183 e. The lowest BCUT2D eigenvalue weighted by Crippen LogP contribution is -2.37. The first-order chi connectivity index (χ1) is 11.7. The summed E-state index contributed by atoms with van der Waals surface area (Å²) < 4.78 is 16.3. The van der Waals surface area contributed by atoms with Crippen molar-refractivity contribution in [1.29, 1.82) is 0 Å². The third-order valence-corrected chi connectivity index (χ3v) is 5.03. The van der Waals surface area contributed by atoms with Crippen LogP contribution in [0.2, 0.25) is 0 Å². The summed E-state index contributed by atoms with van der Waals surface area (Å²) in [7, 11) is 4.09. The highest BCUT2D eigenvalue weighted by atomic mass is 127. The summed E-state index contributed by atoms with van der Waals surface area (Å²) in [6.45, 7) is 5.10. The third kappa shape index (κ3) is 7.17. The summed E-state index contributed by atoms with van der Waals surface area (Å²) >= 11 is 1.89. The Balaban J connectivity index is 0.000000241. The molecule has 0 aliphatic carbocycles. The van der Waals surface area contributed by atoms with Gasteiger partial charge in [-0.05, 0) is 12.6 Å². The molecule has 0 aromatic heterocycles. The molecule has 4 rings (SSSR count). The molecule has 7 nitrogen and oxygen atoms in total. The van der Waals surface area contributed by atoms with Crippen LogP contribution in [0.15, 0.2) is 28.5 Å². The molecule has 4 aliphatic heterocycles. The zero-order valence-electron chi connectivity index (χ0n) is 15.1. The van der Waals surface area contributed by atoms with E-state index >= 15 is 0 Å². The van der Waals surface area contributed by atoms with Gasteiger partial charge in [-0.1, -0.05) is 0 Å². The minimum absolute atomic E-state index is 0. The van der Waals surface area contributed by atoms with E-state index in [9.17, 15) is 0 Å². The van der Waals surface area contributed by atoms with Gasteiger partial charge >= 0.3 is 0 Å². The van der Waals surface area contributed by atoms with Crippen LogP contribution in [-0.4, -0.2) is 87.3 Å². The van der Waals surface area contributed by atoms with E-state index in [1.54, 1.807) is 6.34 Å². The van der Waals surface area contributed by atoms with E-state index < -0.39 is 0 Å². The summed E-state index contributed by atoms with van der Waals surface area (Å²) in [6, 6.07) is 0. The van der Waals surface area contributed by atoms with Crippen molar-refractivity contribution in [2.45, 2.75) is 11.7 Å². The van der Waals surface area contributed by atoms with Crippen LogP contribution in [0.1, 0.15) is 0 Å². The van der Waals surface area contributed by atoms with Crippen LogP contribution >= 0.6 is 48.1 Å². The maximum absolute atomic E-state index is 5.57. The van der Waals surface area contributed by atoms with Gasteiger partial charge in [0.05, 0.1) is 32.8 Å². The molecule has 1 atom stereocenters. The monoisotopic (exact) mass is 518 g/mol. The van der Waals surface area contributed by atoms with Crippen molar-refractivity contribution < 1.29 is 14.2 Å². The molecule has 1 unspecified atom stereocenters. The molecule has 10 heteroatoms. The molecule has 0 aromatic carbocycles. The van der Waals surface area contributed by atoms with Crippen LogP contribution in [-0.2, 0) is 14.2 Å². The van der Waals surface area contributed by atoms with E-state index in [-0.39, 0.29) is 42.7 Å². The summed E-state index contributed by atoms with van der Waals surface area (Å²) in [5.74, 6) is 1.13. The van der Waals surface area contributed by atoms with Crippen molar-refractivity contribution in [3.63, 3.8) is 0 Å². The predicted octanol–water partition coefficient (Wildman–Crippen LogP) is 1.71. The molecule has 0 spiro atoms. The number of likely N-dealkylation sites (N-methyl/N-ethyl adjacent to an activating group) is 2. The van der Waals surface area contributed by atoms with E-state index in [2.05, 4.69) is 28.5 Å². The van der Waals surface area contributed by atoms with Crippen LogP contribution in [0.5, 0.6) is 0 Å². The number of ether oxygens (including phenoxy) is 3. The normalized spacial score (nSPS) is 25.9. The van der Waals surface area contributed by atoms with E-state index in [1.165, 1.54) is 5.57 Å². The predicted molar refractivity (Wildman–Crippen MR) is 118 cm³/mol. The van der Waals surface area contributed by atoms with Gasteiger partial charge in [0.1, 0.15) is 5.44 Å². The number of hydrogen-bond donors (Lipinski definition) is 1. The Morgan fingerprint density at radius 1 is 1.12 bits per heavy atom. The zero-order chi connectivity index (χ0) is 16.8. The van der Waals surface area contributed by atoms with Crippen LogP contribution in [0, 0.1) is 0 Å².